The normalized spacial score (nSPS) is 11.6. The van der Waals surface area contributed by atoms with Gasteiger partial charge < -0.3 is 15.8 Å². The molecule has 0 aliphatic carbocycles. The Hall–Kier alpha value is -1.83. The molecule has 3 N–H and O–H groups in total. The lowest BCUT2D eigenvalue weighted by Crippen LogP contribution is -2.44. The molecular weight excluding hydrogens is 427 g/mol. The minimum absolute atomic E-state index is 0. The summed E-state index contributed by atoms with van der Waals surface area (Å²) >= 11 is 0. The zero-order valence-corrected chi connectivity index (χ0v) is 17.8. The first-order valence-corrected chi connectivity index (χ1v) is 8.01. The standard InChI is InChI=1S/C19H26N4O.HI/c1-13-6-7-16(10-14(13)2)24-17-11-15(8-9-21-17)12-22-18(20)23-19(3,4)5;/h6-11H,12H2,1-5H3,(H3,20,22,23);1H. The number of hydrogen-bond acceptors (Lipinski definition) is 3. The molecule has 136 valence electrons. The van der Waals surface area contributed by atoms with E-state index in [0.717, 1.165) is 11.3 Å². The van der Waals surface area contributed by atoms with Crippen LogP contribution in [0.5, 0.6) is 11.6 Å². The molecule has 5 nitrogen and oxygen atoms in total. The maximum absolute atomic E-state index is 5.89. The number of halogens is 1. The summed E-state index contributed by atoms with van der Waals surface area (Å²) in [5, 5.41) is 3.14. The second-order valence-electron chi connectivity index (χ2n) is 6.93. The van der Waals surface area contributed by atoms with Crippen molar-refractivity contribution in [1.82, 2.24) is 10.3 Å². The van der Waals surface area contributed by atoms with E-state index in [0.29, 0.717) is 18.4 Å². The van der Waals surface area contributed by atoms with Crippen LogP contribution in [-0.4, -0.2) is 16.5 Å². The van der Waals surface area contributed by atoms with Crippen molar-refractivity contribution < 1.29 is 4.74 Å². The molecule has 0 bridgehead atoms. The molecule has 0 fully saturated rings. The average molecular weight is 454 g/mol. The highest BCUT2D eigenvalue weighted by Crippen LogP contribution is 2.22. The minimum atomic E-state index is -0.108. The largest absolute Gasteiger partial charge is 0.439 e. The van der Waals surface area contributed by atoms with Crippen LogP contribution >= 0.6 is 24.0 Å². The van der Waals surface area contributed by atoms with Gasteiger partial charge in [-0.15, -0.1) is 24.0 Å². The number of guanidine groups is 1. The summed E-state index contributed by atoms with van der Waals surface area (Å²) in [6.45, 7) is 10.7. The van der Waals surface area contributed by atoms with Crippen LogP contribution in [0.1, 0.15) is 37.5 Å². The van der Waals surface area contributed by atoms with Crippen LogP contribution < -0.4 is 15.8 Å². The van der Waals surface area contributed by atoms with Crippen molar-refractivity contribution in [1.29, 1.82) is 0 Å². The van der Waals surface area contributed by atoms with Gasteiger partial charge in [0.25, 0.3) is 0 Å². The van der Waals surface area contributed by atoms with E-state index in [1.54, 1.807) is 6.20 Å². The molecule has 0 saturated heterocycles. The third-order valence-corrected chi connectivity index (χ3v) is 3.44. The number of hydrogen-bond donors (Lipinski definition) is 2. The number of rotatable bonds is 4. The second-order valence-corrected chi connectivity index (χ2v) is 6.93. The zero-order chi connectivity index (χ0) is 17.7. The third-order valence-electron chi connectivity index (χ3n) is 3.44. The molecular formula is C19H27IN4O. The van der Waals surface area contributed by atoms with Gasteiger partial charge in [0.15, 0.2) is 5.96 Å². The van der Waals surface area contributed by atoms with Gasteiger partial charge in [0, 0.05) is 17.8 Å². The van der Waals surface area contributed by atoms with Gasteiger partial charge in [-0.25, -0.2) is 9.98 Å². The highest BCUT2D eigenvalue weighted by Gasteiger charge is 2.09. The number of aromatic nitrogens is 1. The summed E-state index contributed by atoms with van der Waals surface area (Å²) in [4.78, 5) is 8.61. The molecule has 6 heteroatoms. The van der Waals surface area contributed by atoms with E-state index in [1.807, 2.05) is 51.1 Å². The van der Waals surface area contributed by atoms with Crippen molar-refractivity contribution in [2.24, 2.45) is 10.7 Å². The molecule has 1 heterocycles. The topological polar surface area (TPSA) is 72.5 Å². The molecule has 0 spiro atoms. The SMILES string of the molecule is Cc1ccc(Oc2cc(CN=C(N)NC(C)(C)C)ccn2)cc1C.I. The molecule has 2 aromatic rings. The molecule has 25 heavy (non-hydrogen) atoms. The molecule has 0 aliphatic heterocycles. The Morgan fingerprint density at radius 2 is 1.88 bits per heavy atom. The maximum Gasteiger partial charge on any atom is 0.219 e. The number of nitrogens with one attached hydrogen (secondary N) is 1. The highest BCUT2D eigenvalue weighted by atomic mass is 127. The molecule has 1 aromatic heterocycles. The van der Waals surface area contributed by atoms with E-state index in [9.17, 15) is 0 Å². The maximum atomic E-state index is 5.89. The van der Waals surface area contributed by atoms with Gasteiger partial charge in [-0.1, -0.05) is 6.07 Å². The number of aryl methyl sites for hydroxylation is 2. The van der Waals surface area contributed by atoms with Gasteiger partial charge in [-0.05, 0) is 69.5 Å². The summed E-state index contributed by atoms with van der Waals surface area (Å²) in [6, 6.07) is 9.77. The molecule has 0 unspecified atom stereocenters. The van der Waals surface area contributed by atoms with Crippen molar-refractivity contribution in [2.75, 3.05) is 0 Å². The fourth-order valence-corrected chi connectivity index (χ4v) is 2.10. The van der Waals surface area contributed by atoms with Gasteiger partial charge in [-0.2, -0.15) is 0 Å². The van der Waals surface area contributed by atoms with Crippen LogP contribution in [0.2, 0.25) is 0 Å². The molecule has 2 rings (SSSR count). The van der Waals surface area contributed by atoms with Crippen LogP contribution in [0.15, 0.2) is 41.5 Å². The molecule has 0 amide bonds. The van der Waals surface area contributed by atoms with Crippen molar-refractivity contribution in [2.45, 2.75) is 46.7 Å². The quantitative estimate of drug-likeness (QED) is 0.410. The van der Waals surface area contributed by atoms with Crippen molar-refractivity contribution in [3.05, 3.63) is 53.2 Å². The molecule has 0 aliphatic rings. The first-order valence-electron chi connectivity index (χ1n) is 8.01. The average Bonchev–Trinajstić information content (AvgIpc) is 2.48. The Morgan fingerprint density at radius 1 is 1.16 bits per heavy atom. The van der Waals surface area contributed by atoms with E-state index in [-0.39, 0.29) is 29.5 Å². The Labute approximate surface area is 167 Å². The summed E-state index contributed by atoms with van der Waals surface area (Å²) in [5.41, 5.74) is 9.20. The molecule has 0 saturated carbocycles. The number of benzene rings is 1. The lowest BCUT2D eigenvalue weighted by atomic mass is 10.1. The minimum Gasteiger partial charge on any atom is -0.439 e. The van der Waals surface area contributed by atoms with Crippen molar-refractivity contribution >= 4 is 29.9 Å². The van der Waals surface area contributed by atoms with E-state index in [4.69, 9.17) is 10.5 Å². The Morgan fingerprint density at radius 3 is 2.52 bits per heavy atom. The number of pyridine rings is 1. The summed E-state index contributed by atoms with van der Waals surface area (Å²) in [5.74, 6) is 1.75. The van der Waals surface area contributed by atoms with Crippen molar-refractivity contribution in [3.8, 4) is 11.6 Å². The Balaban J connectivity index is 0.00000312. The number of aliphatic imine (C=N–C) groups is 1. The number of ether oxygens (including phenoxy) is 1. The predicted molar refractivity (Wildman–Crippen MR) is 114 cm³/mol. The zero-order valence-electron chi connectivity index (χ0n) is 15.5. The molecule has 0 atom stereocenters. The van der Waals surface area contributed by atoms with Crippen molar-refractivity contribution in [3.63, 3.8) is 0 Å². The summed E-state index contributed by atoms with van der Waals surface area (Å²) < 4.78 is 5.84. The monoisotopic (exact) mass is 454 g/mol. The number of nitrogens with zero attached hydrogens (tertiary/aromatic N) is 2. The lowest BCUT2D eigenvalue weighted by Gasteiger charge is -2.21. The van der Waals surface area contributed by atoms with E-state index in [1.165, 1.54) is 11.1 Å². The Kier molecular flexibility index (Phi) is 7.66. The van der Waals surface area contributed by atoms with Gasteiger partial charge in [0.05, 0.1) is 6.54 Å². The summed E-state index contributed by atoms with van der Waals surface area (Å²) in [6.07, 6.45) is 1.72. The summed E-state index contributed by atoms with van der Waals surface area (Å²) in [7, 11) is 0. The van der Waals surface area contributed by atoms with E-state index < -0.39 is 0 Å². The van der Waals surface area contributed by atoms with Gasteiger partial charge in [0.2, 0.25) is 5.88 Å². The van der Waals surface area contributed by atoms with Gasteiger partial charge in [-0.3, -0.25) is 0 Å². The van der Waals surface area contributed by atoms with Gasteiger partial charge in [0.1, 0.15) is 5.75 Å². The lowest BCUT2D eigenvalue weighted by molar-refractivity contribution is 0.461. The molecule has 1 aromatic carbocycles. The smallest absolute Gasteiger partial charge is 0.219 e. The van der Waals surface area contributed by atoms with Crippen LogP contribution in [0.25, 0.3) is 0 Å². The number of nitrogens with two attached hydrogens (primary N) is 1. The second kappa shape index (κ2) is 9.03. The fourth-order valence-electron chi connectivity index (χ4n) is 2.10. The van der Waals surface area contributed by atoms with Gasteiger partial charge >= 0.3 is 0 Å². The Bertz CT molecular complexity index is 738. The van der Waals surface area contributed by atoms with Crippen LogP contribution in [0.3, 0.4) is 0 Å². The highest BCUT2D eigenvalue weighted by molar-refractivity contribution is 14.0. The molecule has 0 radical (unpaired) electrons. The third kappa shape index (κ3) is 7.29. The first-order chi connectivity index (χ1) is 11.2. The predicted octanol–water partition coefficient (Wildman–Crippen LogP) is 4.31. The van der Waals surface area contributed by atoms with E-state index >= 15 is 0 Å². The van der Waals surface area contributed by atoms with Crippen LogP contribution in [-0.2, 0) is 6.54 Å². The fraction of sp³-hybridized carbons (Fsp3) is 0.368. The van der Waals surface area contributed by atoms with E-state index in [2.05, 4.69) is 29.1 Å². The van der Waals surface area contributed by atoms with Crippen LogP contribution in [0, 0.1) is 13.8 Å². The van der Waals surface area contributed by atoms with Crippen LogP contribution in [0.4, 0.5) is 0 Å². The first kappa shape index (κ1) is 21.2.